The number of carboxylic acid groups (broad SMARTS) is 1. The molecule has 2 rings (SSSR count). The smallest absolute Gasteiger partial charge is 0.331 e. The molecule has 2 amide bonds. The molecule has 1 aromatic rings. The molecule has 0 radical (unpaired) electrons. The maximum Gasteiger partial charge on any atom is 0.331 e. The lowest BCUT2D eigenvalue weighted by Gasteiger charge is -2.28. The first-order chi connectivity index (χ1) is 10.1. The van der Waals surface area contributed by atoms with E-state index in [1.165, 1.54) is 24.2 Å². The number of carboxylic acids is 1. The molecule has 1 aromatic heterocycles. The zero-order valence-electron chi connectivity index (χ0n) is 12.2. The third-order valence-corrected chi connectivity index (χ3v) is 4.97. The highest BCUT2D eigenvalue weighted by Gasteiger charge is 2.27. The molecular weight excluding hydrogens is 288 g/mol. The molecule has 0 bridgehead atoms. The van der Waals surface area contributed by atoms with E-state index in [2.05, 4.69) is 5.32 Å². The van der Waals surface area contributed by atoms with Gasteiger partial charge in [0, 0.05) is 18.0 Å². The van der Waals surface area contributed by atoms with Crippen molar-refractivity contribution >= 4 is 23.3 Å². The Hall–Kier alpha value is -1.56. The Morgan fingerprint density at radius 3 is 2.52 bits per heavy atom. The Labute approximate surface area is 129 Å². The Morgan fingerprint density at radius 2 is 2.00 bits per heavy atom. The summed E-state index contributed by atoms with van der Waals surface area (Å²) in [6.45, 7) is 0. The number of urea groups is 1. The van der Waals surface area contributed by atoms with Gasteiger partial charge in [-0.05, 0) is 24.3 Å². The first-order valence-corrected chi connectivity index (χ1v) is 8.27. The summed E-state index contributed by atoms with van der Waals surface area (Å²) in [5.74, 6) is -1.03. The van der Waals surface area contributed by atoms with Crippen LogP contribution in [0.3, 0.4) is 0 Å². The van der Waals surface area contributed by atoms with Crippen molar-refractivity contribution in [3.05, 3.63) is 22.4 Å². The van der Waals surface area contributed by atoms with Gasteiger partial charge in [0.1, 0.15) is 0 Å². The van der Waals surface area contributed by atoms with Crippen LogP contribution in [0.25, 0.3) is 0 Å². The minimum atomic E-state index is -1.03. The molecule has 1 heterocycles. The molecule has 1 saturated carbocycles. The quantitative estimate of drug-likeness (QED) is 0.839. The predicted octanol–water partition coefficient (Wildman–Crippen LogP) is 3.24. The van der Waals surface area contributed by atoms with Crippen LogP contribution in [-0.4, -0.2) is 35.1 Å². The number of rotatable bonds is 4. The molecule has 1 aliphatic carbocycles. The minimum Gasteiger partial charge on any atom is -0.479 e. The second-order valence-electron chi connectivity index (χ2n) is 5.49. The lowest BCUT2D eigenvalue weighted by atomic mass is 10.1. The second-order valence-corrected chi connectivity index (χ2v) is 6.47. The fraction of sp³-hybridized carbons (Fsp3) is 0.600. The Bertz CT molecular complexity index is 467. The molecule has 0 aromatic carbocycles. The normalized spacial score (nSPS) is 17.8. The molecule has 1 fully saturated rings. The number of nitrogens with one attached hydrogen (secondary N) is 1. The highest BCUT2D eigenvalue weighted by molar-refractivity contribution is 7.10. The Balaban J connectivity index is 1.99. The number of thiophene rings is 1. The van der Waals surface area contributed by atoms with Gasteiger partial charge in [0.05, 0.1) is 0 Å². The summed E-state index contributed by atoms with van der Waals surface area (Å²) < 4.78 is 0. The Morgan fingerprint density at radius 1 is 1.33 bits per heavy atom. The topological polar surface area (TPSA) is 69.6 Å². The van der Waals surface area contributed by atoms with E-state index in [9.17, 15) is 14.7 Å². The van der Waals surface area contributed by atoms with E-state index in [-0.39, 0.29) is 12.1 Å². The minimum absolute atomic E-state index is 0.213. The average molecular weight is 310 g/mol. The number of amides is 2. The molecule has 21 heavy (non-hydrogen) atoms. The third-order valence-electron chi connectivity index (χ3n) is 4.04. The van der Waals surface area contributed by atoms with Gasteiger partial charge in [-0.15, -0.1) is 11.3 Å². The van der Waals surface area contributed by atoms with Crippen molar-refractivity contribution in [2.45, 2.75) is 50.6 Å². The van der Waals surface area contributed by atoms with Crippen LogP contribution in [0.2, 0.25) is 0 Å². The lowest BCUT2D eigenvalue weighted by Crippen LogP contribution is -2.46. The Kier molecular flexibility index (Phi) is 5.61. The van der Waals surface area contributed by atoms with Crippen LogP contribution in [0, 0.1) is 0 Å². The number of aliphatic carboxylic acids is 1. The first kappa shape index (κ1) is 15.8. The number of hydrogen-bond donors (Lipinski definition) is 2. The van der Waals surface area contributed by atoms with E-state index in [1.54, 1.807) is 24.1 Å². The standard InChI is InChI=1S/C15H22N2O3S/c1-17(11-7-4-2-3-5-8-11)15(20)16-13(14(18)19)12-9-6-10-21-12/h6,9-11,13H,2-5,7-8H2,1H3,(H,16,20)(H,18,19). The molecule has 6 heteroatoms. The highest BCUT2D eigenvalue weighted by atomic mass is 32.1. The van der Waals surface area contributed by atoms with E-state index >= 15 is 0 Å². The van der Waals surface area contributed by atoms with E-state index < -0.39 is 12.0 Å². The van der Waals surface area contributed by atoms with Gasteiger partial charge in [-0.1, -0.05) is 31.7 Å². The molecule has 116 valence electrons. The number of hydrogen-bond acceptors (Lipinski definition) is 3. The number of nitrogens with zero attached hydrogens (tertiary/aromatic N) is 1. The van der Waals surface area contributed by atoms with Gasteiger partial charge in [-0.3, -0.25) is 0 Å². The summed E-state index contributed by atoms with van der Waals surface area (Å²) in [5.41, 5.74) is 0. The van der Waals surface area contributed by atoms with Crippen molar-refractivity contribution < 1.29 is 14.7 Å². The monoisotopic (exact) mass is 310 g/mol. The summed E-state index contributed by atoms with van der Waals surface area (Å²) in [4.78, 5) is 26.0. The van der Waals surface area contributed by atoms with E-state index in [0.717, 1.165) is 25.7 Å². The molecular formula is C15H22N2O3S. The predicted molar refractivity (Wildman–Crippen MR) is 82.5 cm³/mol. The molecule has 0 aliphatic heterocycles. The van der Waals surface area contributed by atoms with Crippen LogP contribution in [0.5, 0.6) is 0 Å². The van der Waals surface area contributed by atoms with Crippen LogP contribution in [-0.2, 0) is 4.79 Å². The van der Waals surface area contributed by atoms with Crippen molar-refractivity contribution in [3.63, 3.8) is 0 Å². The summed E-state index contributed by atoms with van der Waals surface area (Å²) >= 11 is 1.34. The van der Waals surface area contributed by atoms with Crippen molar-refractivity contribution in [3.8, 4) is 0 Å². The third kappa shape index (κ3) is 4.20. The largest absolute Gasteiger partial charge is 0.479 e. The zero-order valence-corrected chi connectivity index (χ0v) is 13.1. The molecule has 0 spiro atoms. The lowest BCUT2D eigenvalue weighted by molar-refractivity contribution is -0.139. The second kappa shape index (κ2) is 7.45. The van der Waals surface area contributed by atoms with Gasteiger partial charge in [-0.2, -0.15) is 0 Å². The van der Waals surface area contributed by atoms with Gasteiger partial charge >= 0.3 is 12.0 Å². The van der Waals surface area contributed by atoms with Gasteiger partial charge in [0.2, 0.25) is 0 Å². The summed E-state index contributed by atoms with van der Waals surface area (Å²) in [7, 11) is 1.76. The van der Waals surface area contributed by atoms with Gasteiger partial charge < -0.3 is 15.3 Å². The van der Waals surface area contributed by atoms with Crippen molar-refractivity contribution in [2.24, 2.45) is 0 Å². The van der Waals surface area contributed by atoms with Gasteiger partial charge in [-0.25, -0.2) is 9.59 Å². The maximum atomic E-state index is 12.3. The van der Waals surface area contributed by atoms with Crippen molar-refractivity contribution in [2.75, 3.05) is 7.05 Å². The molecule has 2 N–H and O–H groups in total. The molecule has 1 atom stereocenters. The summed E-state index contributed by atoms with van der Waals surface area (Å²) in [5, 5.41) is 13.8. The fourth-order valence-corrected chi connectivity index (χ4v) is 3.51. The molecule has 1 unspecified atom stereocenters. The van der Waals surface area contributed by atoms with Crippen LogP contribution in [0.15, 0.2) is 17.5 Å². The zero-order chi connectivity index (χ0) is 15.2. The van der Waals surface area contributed by atoms with Crippen molar-refractivity contribution in [1.82, 2.24) is 10.2 Å². The highest BCUT2D eigenvalue weighted by Crippen LogP contribution is 2.23. The average Bonchev–Trinajstić information content (AvgIpc) is 2.85. The number of carbonyl (C=O) groups excluding carboxylic acids is 1. The van der Waals surface area contributed by atoms with Gasteiger partial charge in [0.15, 0.2) is 6.04 Å². The van der Waals surface area contributed by atoms with E-state index in [0.29, 0.717) is 4.88 Å². The number of carbonyl (C=O) groups is 2. The molecule has 5 nitrogen and oxygen atoms in total. The SMILES string of the molecule is CN(C(=O)NC(C(=O)O)c1cccs1)C1CCCCCC1. The van der Waals surface area contributed by atoms with Gasteiger partial charge in [0.25, 0.3) is 0 Å². The van der Waals surface area contributed by atoms with E-state index in [1.807, 2.05) is 5.38 Å². The fourth-order valence-electron chi connectivity index (χ4n) is 2.75. The van der Waals surface area contributed by atoms with Crippen LogP contribution in [0.1, 0.15) is 49.4 Å². The maximum absolute atomic E-state index is 12.3. The van der Waals surface area contributed by atoms with Crippen molar-refractivity contribution in [1.29, 1.82) is 0 Å². The summed E-state index contributed by atoms with van der Waals surface area (Å²) in [6.07, 6.45) is 6.71. The van der Waals surface area contributed by atoms with Crippen LogP contribution < -0.4 is 5.32 Å². The first-order valence-electron chi connectivity index (χ1n) is 7.39. The molecule has 1 aliphatic rings. The summed E-state index contributed by atoms with van der Waals surface area (Å²) in [6, 6.07) is 2.46. The molecule has 0 saturated heterocycles. The van der Waals surface area contributed by atoms with Crippen LogP contribution >= 0.6 is 11.3 Å². The van der Waals surface area contributed by atoms with E-state index in [4.69, 9.17) is 0 Å². The van der Waals surface area contributed by atoms with Crippen LogP contribution in [0.4, 0.5) is 4.79 Å².